The average molecular weight is 1650 g/mol. The number of carboxylic acid groups (broad SMARTS) is 2. The van der Waals surface area contributed by atoms with Gasteiger partial charge in [-0.25, -0.2) is 9.48 Å². The van der Waals surface area contributed by atoms with Gasteiger partial charge in [0.15, 0.2) is 0 Å². The van der Waals surface area contributed by atoms with Gasteiger partial charge in [-0.05, 0) is 89.0 Å². The molecular formula is C67H95F2N20O23PS. The normalized spacial score (nSPS) is 25.5. The van der Waals surface area contributed by atoms with E-state index >= 15 is 0 Å². The molecule has 0 saturated carbocycles. The topological polar surface area (TPSA) is 679 Å². The number of hydrogen-bond acceptors (Lipinski definition) is 22. The zero-order valence-corrected chi connectivity index (χ0v) is 63.4. The van der Waals surface area contributed by atoms with Crippen molar-refractivity contribution in [3.8, 4) is 0 Å². The Bertz CT molecular complexity index is 4010. The highest BCUT2D eigenvalue weighted by molar-refractivity contribution is 8.00. The van der Waals surface area contributed by atoms with Crippen LogP contribution in [0.3, 0.4) is 0 Å². The molecule has 43 nitrogen and oxygen atoms in total. The Hall–Kier alpha value is -11.0. The summed E-state index contributed by atoms with van der Waals surface area (Å²) in [7, 11) is -6.14. The van der Waals surface area contributed by atoms with Gasteiger partial charge in [0.1, 0.15) is 60.4 Å². The average Bonchev–Trinajstić information content (AvgIpc) is 1.24. The van der Waals surface area contributed by atoms with Crippen molar-refractivity contribution in [2.45, 2.75) is 225 Å². The van der Waals surface area contributed by atoms with Crippen LogP contribution in [-0.2, 0) is 105 Å². The first-order valence-corrected chi connectivity index (χ1v) is 39.4. The Morgan fingerprint density at radius 2 is 1.11 bits per heavy atom. The molecule has 0 unspecified atom stereocenters. The highest BCUT2D eigenvalue weighted by Crippen LogP contribution is 2.59. The number of aliphatic carboxylic acids is 2. The van der Waals surface area contributed by atoms with Crippen LogP contribution in [0.5, 0.6) is 0 Å². The van der Waals surface area contributed by atoms with Crippen molar-refractivity contribution in [2.24, 2.45) is 22.9 Å². The van der Waals surface area contributed by atoms with Gasteiger partial charge in [-0.2, -0.15) is 20.5 Å². The number of alkyl halides is 2. The van der Waals surface area contributed by atoms with Gasteiger partial charge in [-0.3, -0.25) is 86.1 Å². The summed E-state index contributed by atoms with van der Waals surface area (Å²) in [6.45, 7) is -1.35. The van der Waals surface area contributed by atoms with Gasteiger partial charge in [0.05, 0.1) is 30.7 Å². The lowest BCUT2D eigenvalue weighted by Gasteiger charge is -2.31. The van der Waals surface area contributed by atoms with Crippen LogP contribution in [0.2, 0.25) is 0 Å². The largest absolute Gasteiger partial charge is 0.481 e. The summed E-state index contributed by atoms with van der Waals surface area (Å²) >= 11 is 1.73. The van der Waals surface area contributed by atoms with Crippen molar-refractivity contribution in [2.75, 3.05) is 31.9 Å². The number of thioether (sulfide) groups is 1. The highest BCUT2D eigenvalue weighted by Gasteiger charge is 2.51. The van der Waals surface area contributed by atoms with E-state index in [1.165, 1.54) is 0 Å². The van der Waals surface area contributed by atoms with Gasteiger partial charge in [-0.1, -0.05) is 35.9 Å². The lowest BCUT2D eigenvalue weighted by molar-refractivity contribution is -0.144. The fourth-order valence-corrected chi connectivity index (χ4v) is 15.6. The molecule has 4 fully saturated rings. The second-order valence-electron chi connectivity index (χ2n) is 28.1. The number of nitrogens with one attached hydrogen (secondary N) is 11. The highest BCUT2D eigenvalue weighted by atomic mass is 32.2. The van der Waals surface area contributed by atoms with Gasteiger partial charge < -0.3 is 111 Å². The third kappa shape index (κ3) is 26.3. The maximum absolute atomic E-state index is 15.0. The zero-order chi connectivity index (χ0) is 83.9. The molecule has 1 aromatic carbocycles. The van der Waals surface area contributed by atoms with Crippen molar-refractivity contribution < 1.29 is 120 Å². The summed E-state index contributed by atoms with van der Waals surface area (Å²) < 4.78 is 42.7. The molecule has 5 aliphatic heterocycles. The lowest BCUT2D eigenvalue weighted by Crippen LogP contribution is -2.60. The Labute approximate surface area is 653 Å². The first-order chi connectivity index (χ1) is 53.8. The molecule has 4 saturated heterocycles. The van der Waals surface area contributed by atoms with Crippen LogP contribution in [0.4, 0.5) is 13.6 Å². The minimum absolute atomic E-state index is 0.0166. The van der Waals surface area contributed by atoms with Crippen molar-refractivity contribution in [1.29, 1.82) is 0 Å². The van der Waals surface area contributed by atoms with Crippen LogP contribution < -0.4 is 81.4 Å². The maximum atomic E-state index is 15.0. The maximum Gasteiger partial charge on any atom is 0.399 e. The molecule has 17 amide bonds. The summed E-state index contributed by atoms with van der Waals surface area (Å²) in [6.07, 6.45) is -4.48. The minimum atomic E-state index is -6.14. The van der Waals surface area contributed by atoms with Crippen LogP contribution in [0.15, 0.2) is 30.5 Å². The number of carboxylic acids is 2. The summed E-state index contributed by atoms with van der Waals surface area (Å²) in [5, 5.41) is 55.3. The molecule has 7 rings (SSSR count). The number of urea groups is 1. The van der Waals surface area contributed by atoms with Gasteiger partial charge in [-0.15, -0.1) is 5.10 Å². The van der Waals surface area contributed by atoms with E-state index in [1.54, 1.807) is 11.8 Å². The zero-order valence-electron chi connectivity index (χ0n) is 61.7. The molecular weight excluding hydrogens is 1550 g/mol. The fraction of sp³-hybridized carbons (Fsp3) is 0.612. The molecule has 114 heavy (non-hydrogen) atoms. The van der Waals surface area contributed by atoms with Crippen molar-refractivity contribution >= 4 is 126 Å². The molecule has 626 valence electrons. The Balaban J connectivity index is 1.23. The van der Waals surface area contributed by atoms with Crippen LogP contribution >= 0.6 is 19.4 Å². The Kier molecular flexibility index (Phi) is 33.0. The minimum Gasteiger partial charge on any atom is -0.481 e. The molecule has 1 aromatic heterocycles. The number of rotatable bonds is 29. The molecule has 13 atom stereocenters. The summed E-state index contributed by atoms with van der Waals surface area (Å²) in [6, 6.07) is -14.8. The summed E-state index contributed by atoms with van der Waals surface area (Å²) in [5.74, 6) is -18.6. The fourth-order valence-electron chi connectivity index (χ4n) is 13.6. The summed E-state index contributed by atoms with van der Waals surface area (Å²) in [5.41, 5.74) is 16.0. The van der Waals surface area contributed by atoms with E-state index in [0.29, 0.717) is 25.0 Å². The van der Waals surface area contributed by atoms with Crippen LogP contribution in [-0.4, -0.2) is 255 Å². The number of nitrogens with two attached hydrogens (primary N) is 4. The predicted octanol–water partition coefficient (Wildman–Crippen LogP) is -6.03. The number of unbranched alkanes of at least 4 members (excludes halogenated alkanes) is 2. The quantitative estimate of drug-likeness (QED) is 0.0205. The number of benzene rings is 1. The first-order valence-electron chi connectivity index (χ1n) is 36.8. The van der Waals surface area contributed by atoms with Gasteiger partial charge in [0, 0.05) is 87.3 Å². The number of amides is 17. The molecule has 47 heteroatoms. The predicted molar refractivity (Wildman–Crippen MR) is 389 cm³/mol. The van der Waals surface area contributed by atoms with Crippen LogP contribution in [0, 0.1) is 0 Å². The SMILES string of the molecule is NC(=O)CC[C@@H]1NC(=O)[C@@H]2CCCN2C(=O)[C@H](CCC(=O)O)NC(=O)[C@@H](CCCCNC(=O)CCCC[C@@H]2SC[C@@H]3NC(=O)N[C@@H]32)n2cc(nn2)C[C@H](C(N)=O)NC(=O)[C@H](CC(N)=O)NC(=O)[C@H](CCC(=O)O)NC(=O)CNC(=O)[C@@H]2CCCN2C(=O)[C@H](CCC(N)=O)NC(=O)[C@H](Cc2ccc(C(F)(F)P(=O)(O)O)cc2)NC1=O. The van der Waals surface area contributed by atoms with E-state index in [2.05, 4.69) is 68.8 Å². The van der Waals surface area contributed by atoms with E-state index in [4.69, 9.17) is 22.9 Å². The van der Waals surface area contributed by atoms with Crippen LogP contribution in [0.25, 0.3) is 0 Å². The number of aromatic nitrogens is 3. The van der Waals surface area contributed by atoms with E-state index in [-0.39, 0.29) is 112 Å². The molecule has 0 spiro atoms. The summed E-state index contributed by atoms with van der Waals surface area (Å²) in [4.78, 5) is 265. The number of hydrogen-bond donors (Lipinski definition) is 19. The molecule has 23 N–H and O–H groups in total. The Morgan fingerprint density at radius 3 is 1.69 bits per heavy atom. The van der Waals surface area contributed by atoms with E-state index in [0.717, 1.165) is 45.0 Å². The molecule has 2 bridgehead atoms. The van der Waals surface area contributed by atoms with Gasteiger partial charge in [0.25, 0.3) is 0 Å². The van der Waals surface area contributed by atoms with Crippen molar-refractivity contribution in [1.82, 2.24) is 83.3 Å². The van der Waals surface area contributed by atoms with E-state index in [1.807, 2.05) is 0 Å². The molecule has 6 heterocycles. The number of primary amides is 4. The van der Waals surface area contributed by atoms with E-state index < -0.39 is 251 Å². The molecule has 0 aliphatic carbocycles. The number of carbonyl (C=O) groups excluding carboxylic acids is 16. The van der Waals surface area contributed by atoms with E-state index in [9.17, 15) is 120 Å². The third-order valence-electron chi connectivity index (χ3n) is 19.6. The van der Waals surface area contributed by atoms with Crippen LogP contribution in [0.1, 0.15) is 151 Å². The van der Waals surface area contributed by atoms with Crippen molar-refractivity contribution in [3.63, 3.8) is 0 Å². The van der Waals surface area contributed by atoms with Gasteiger partial charge >= 0.3 is 31.2 Å². The monoisotopic (exact) mass is 1650 g/mol. The first kappa shape index (κ1) is 90.2. The number of nitrogens with zero attached hydrogens (tertiary/aromatic N) is 5. The third-order valence-corrected chi connectivity index (χ3v) is 22.1. The van der Waals surface area contributed by atoms with Crippen molar-refractivity contribution in [3.05, 3.63) is 47.3 Å². The number of fused-ring (bicyclic) bond motifs is 5. The molecule has 0 radical (unpaired) electrons. The lowest BCUT2D eigenvalue weighted by atomic mass is 10.0. The second-order valence-corrected chi connectivity index (χ2v) is 31.1. The standard InChI is InChI=1S/C67H95F2N20O23PS/c68-67(69,113(110,111)112)34-14-12-33(13-15-34)27-41-59(102)78-38(17-21-49(71)91)64(107)87-25-5-8-44(87)61(104)75-30-52(94)76-36(18-22-53(95)96)57(100)82-42(29-50(72)92)60(103)80-40(56(73)99)28-35-31-89(86-85-35)46(7-3-4-24-74-51(93)11-2-1-10-47-55-43(32-114-47)83-66(109)84-55)63(106)79-39(19-23-54(97)98)65(108)88-26-6-9-45(88)62(105)77-37(58(101)81-41)16-20-48(70)90/h12-15,31,36-47,55H,1-11,16-30,32H2,(H2,70,90)(H2,71,91)(H2,72,92)(H2,73,99)(H,74,93)(H,75,104)(H,76,94)(H,77,105)(H,78,102)(H,79,106)(H,80,103)(H,81,101)(H,82,100)(H,95,96)(H,97,98)(H2,83,84,109)(H2,110,111,112)/t36-,37-,38-,39-,40+,41-,42-,43-,44-,45-,46+,47-,55-/m0/s1. The molecule has 2 aromatic rings. The number of halogens is 2. The smallest absolute Gasteiger partial charge is 0.399 e. The number of carbonyl (C=O) groups is 18. The second kappa shape index (κ2) is 41.7. The Morgan fingerprint density at radius 1 is 0.579 bits per heavy atom. The van der Waals surface area contributed by atoms with Gasteiger partial charge in [0.2, 0.25) is 88.6 Å². The molecule has 5 aliphatic rings.